The molecule has 1 aromatic rings. The van der Waals surface area contributed by atoms with Crippen LogP contribution in [0.2, 0.25) is 0 Å². The molecular formula is C16H21N3O4S. The van der Waals surface area contributed by atoms with Crippen molar-refractivity contribution in [3.63, 3.8) is 0 Å². The van der Waals surface area contributed by atoms with E-state index in [2.05, 4.69) is 4.98 Å². The molecule has 0 radical (unpaired) electrons. The van der Waals surface area contributed by atoms with Gasteiger partial charge in [0.2, 0.25) is 0 Å². The van der Waals surface area contributed by atoms with Gasteiger partial charge in [0.1, 0.15) is 5.60 Å². The highest BCUT2D eigenvalue weighted by Crippen LogP contribution is 2.24. The van der Waals surface area contributed by atoms with Crippen molar-refractivity contribution in [3.8, 4) is 6.07 Å². The molecule has 2 heterocycles. The summed E-state index contributed by atoms with van der Waals surface area (Å²) >= 11 is 0. The van der Waals surface area contributed by atoms with E-state index < -0.39 is 26.8 Å². The lowest BCUT2D eigenvalue weighted by Crippen LogP contribution is -2.47. The number of amides is 1. The molecule has 1 atom stereocenters. The van der Waals surface area contributed by atoms with Gasteiger partial charge in [-0.2, -0.15) is 5.26 Å². The maximum atomic E-state index is 12.8. The Bertz CT molecular complexity index is 762. The number of carbonyl (C=O) groups is 1. The van der Waals surface area contributed by atoms with Gasteiger partial charge >= 0.3 is 6.09 Å². The lowest BCUT2D eigenvalue weighted by molar-refractivity contribution is 0.0219. The second-order valence-electron chi connectivity index (χ2n) is 6.73. The van der Waals surface area contributed by atoms with E-state index in [4.69, 9.17) is 10.00 Å². The van der Waals surface area contributed by atoms with E-state index in [1.165, 1.54) is 23.2 Å². The second kappa shape index (κ2) is 6.77. The fourth-order valence-electron chi connectivity index (χ4n) is 2.49. The Hall–Kier alpha value is -2.14. The molecule has 0 bridgehead atoms. The average molecular weight is 351 g/mol. The number of nitrogens with zero attached hydrogens (tertiary/aromatic N) is 3. The van der Waals surface area contributed by atoms with Crippen molar-refractivity contribution in [2.24, 2.45) is 0 Å². The monoisotopic (exact) mass is 351 g/mol. The van der Waals surface area contributed by atoms with Crippen LogP contribution in [0.3, 0.4) is 0 Å². The van der Waals surface area contributed by atoms with Gasteiger partial charge in [0, 0.05) is 19.3 Å². The second-order valence-corrected chi connectivity index (χ2v) is 8.91. The molecule has 0 N–H and O–H groups in total. The molecule has 0 spiro atoms. The molecule has 1 aliphatic heterocycles. The molecule has 130 valence electrons. The van der Waals surface area contributed by atoms with Crippen LogP contribution in [0.15, 0.2) is 23.4 Å². The first-order chi connectivity index (χ1) is 11.1. The Morgan fingerprint density at radius 2 is 2.17 bits per heavy atom. The third-order valence-electron chi connectivity index (χ3n) is 3.62. The Balaban J connectivity index is 2.19. The number of carbonyl (C=O) groups excluding carboxylic acids is 1. The van der Waals surface area contributed by atoms with Crippen molar-refractivity contribution < 1.29 is 17.9 Å². The topological polar surface area (TPSA) is 100 Å². The van der Waals surface area contributed by atoms with Crippen molar-refractivity contribution in [2.45, 2.75) is 49.5 Å². The highest BCUT2D eigenvalue weighted by atomic mass is 32.2. The van der Waals surface area contributed by atoms with Crippen molar-refractivity contribution in [1.82, 2.24) is 9.88 Å². The van der Waals surface area contributed by atoms with Crippen molar-refractivity contribution in [3.05, 3.63) is 23.9 Å². The Morgan fingerprint density at radius 3 is 2.79 bits per heavy atom. The Kier molecular flexibility index (Phi) is 5.13. The molecule has 1 amide bonds. The molecule has 24 heavy (non-hydrogen) atoms. The maximum absolute atomic E-state index is 12.8. The molecule has 8 heteroatoms. The summed E-state index contributed by atoms with van der Waals surface area (Å²) in [5.41, 5.74) is -0.394. The van der Waals surface area contributed by atoms with Crippen molar-refractivity contribution in [2.75, 3.05) is 13.1 Å². The fourth-order valence-corrected chi connectivity index (χ4v) is 4.18. The average Bonchev–Trinajstić information content (AvgIpc) is 2.53. The van der Waals surface area contributed by atoms with E-state index >= 15 is 0 Å². The van der Waals surface area contributed by atoms with Crippen LogP contribution in [-0.4, -0.2) is 48.3 Å². The van der Waals surface area contributed by atoms with Crippen LogP contribution in [0.25, 0.3) is 0 Å². The summed E-state index contributed by atoms with van der Waals surface area (Å²) in [6.45, 7) is 5.82. The first-order valence-electron chi connectivity index (χ1n) is 7.71. The number of piperidine rings is 1. The first-order valence-corrected chi connectivity index (χ1v) is 9.26. The van der Waals surface area contributed by atoms with E-state index in [1.807, 2.05) is 6.07 Å². The minimum Gasteiger partial charge on any atom is -0.444 e. The number of hydrogen-bond donors (Lipinski definition) is 0. The highest BCUT2D eigenvalue weighted by molar-refractivity contribution is 7.92. The predicted molar refractivity (Wildman–Crippen MR) is 87.0 cm³/mol. The molecule has 1 aromatic heterocycles. The standard InChI is InChI=1S/C16H21N3O4S/c1-16(2,3)23-15(20)19-8-4-5-13(11-19)24(21,22)14-9-12(10-17)6-7-18-14/h6-7,9,13H,4-5,8,11H2,1-3H3/t13-/m0/s1. The molecular weight excluding hydrogens is 330 g/mol. The van der Waals surface area contributed by atoms with E-state index in [1.54, 1.807) is 20.8 Å². The zero-order valence-electron chi connectivity index (χ0n) is 14.0. The van der Waals surface area contributed by atoms with E-state index in [-0.39, 0.29) is 17.1 Å². The molecule has 7 nitrogen and oxygen atoms in total. The highest BCUT2D eigenvalue weighted by Gasteiger charge is 2.36. The number of hydrogen-bond acceptors (Lipinski definition) is 6. The van der Waals surface area contributed by atoms with Gasteiger partial charge in [0.15, 0.2) is 14.9 Å². The van der Waals surface area contributed by atoms with Crippen LogP contribution in [-0.2, 0) is 14.6 Å². The third kappa shape index (κ3) is 4.23. The molecule has 0 saturated carbocycles. The quantitative estimate of drug-likeness (QED) is 0.809. The number of sulfone groups is 1. The lowest BCUT2D eigenvalue weighted by atomic mass is 10.1. The molecule has 2 rings (SSSR count). The molecule has 1 fully saturated rings. The van der Waals surface area contributed by atoms with Gasteiger partial charge in [-0.05, 0) is 45.7 Å². The zero-order valence-corrected chi connectivity index (χ0v) is 14.8. The van der Waals surface area contributed by atoms with Gasteiger partial charge in [0.25, 0.3) is 0 Å². The van der Waals surface area contributed by atoms with Crippen LogP contribution in [0.5, 0.6) is 0 Å². The summed E-state index contributed by atoms with van der Waals surface area (Å²) in [4.78, 5) is 17.5. The first kappa shape index (κ1) is 18.2. The summed E-state index contributed by atoms with van der Waals surface area (Å²) in [7, 11) is -3.72. The van der Waals surface area contributed by atoms with Gasteiger partial charge in [-0.1, -0.05) is 0 Å². The van der Waals surface area contributed by atoms with Crippen LogP contribution < -0.4 is 0 Å². The number of aromatic nitrogens is 1. The normalized spacial score (nSPS) is 18.8. The van der Waals surface area contributed by atoms with Gasteiger partial charge in [0.05, 0.1) is 16.9 Å². The summed E-state index contributed by atoms with van der Waals surface area (Å²) in [5, 5.41) is 8.04. The summed E-state index contributed by atoms with van der Waals surface area (Å²) in [5.74, 6) is 0. The number of likely N-dealkylation sites (tertiary alicyclic amines) is 1. The Morgan fingerprint density at radius 1 is 1.46 bits per heavy atom. The van der Waals surface area contributed by atoms with Crippen molar-refractivity contribution in [1.29, 1.82) is 5.26 Å². The SMILES string of the molecule is CC(C)(C)OC(=O)N1CCC[C@H](S(=O)(=O)c2cc(C#N)ccn2)C1. The van der Waals surface area contributed by atoms with Gasteiger partial charge < -0.3 is 9.64 Å². The van der Waals surface area contributed by atoms with Crippen LogP contribution in [0.4, 0.5) is 4.79 Å². The number of nitriles is 1. The maximum Gasteiger partial charge on any atom is 0.410 e. The summed E-state index contributed by atoms with van der Waals surface area (Å²) < 4.78 is 30.8. The molecule has 1 saturated heterocycles. The van der Waals surface area contributed by atoms with Gasteiger partial charge in [-0.3, -0.25) is 0 Å². The molecule has 0 aliphatic carbocycles. The third-order valence-corrected chi connectivity index (χ3v) is 5.69. The van der Waals surface area contributed by atoms with Gasteiger partial charge in [-0.15, -0.1) is 0 Å². The van der Waals surface area contributed by atoms with Crippen LogP contribution in [0, 0.1) is 11.3 Å². The molecule has 1 aliphatic rings. The molecule has 0 aromatic carbocycles. The smallest absolute Gasteiger partial charge is 0.410 e. The van der Waals surface area contributed by atoms with Gasteiger partial charge in [-0.25, -0.2) is 18.2 Å². The number of ether oxygens (including phenoxy) is 1. The largest absolute Gasteiger partial charge is 0.444 e. The van der Waals surface area contributed by atoms with E-state index in [0.717, 1.165) is 0 Å². The zero-order chi connectivity index (χ0) is 18.0. The molecule has 0 unspecified atom stereocenters. The van der Waals surface area contributed by atoms with Crippen molar-refractivity contribution >= 4 is 15.9 Å². The fraction of sp³-hybridized carbons (Fsp3) is 0.562. The lowest BCUT2D eigenvalue weighted by Gasteiger charge is -2.33. The summed E-state index contributed by atoms with van der Waals surface area (Å²) in [6.07, 6.45) is 1.81. The van der Waals surface area contributed by atoms with E-state index in [0.29, 0.717) is 19.4 Å². The van der Waals surface area contributed by atoms with Crippen LogP contribution in [0.1, 0.15) is 39.2 Å². The van der Waals surface area contributed by atoms with E-state index in [9.17, 15) is 13.2 Å². The Labute approximate surface area is 142 Å². The minimum atomic E-state index is -3.72. The number of rotatable bonds is 2. The summed E-state index contributed by atoms with van der Waals surface area (Å²) in [6, 6.07) is 4.62. The predicted octanol–water partition coefficient (Wildman–Crippen LogP) is 2.13. The van der Waals surface area contributed by atoms with Crippen LogP contribution >= 0.6 is 0 Å². The minimum absolute atomic E-state index is 0.0652. The number of pyridine rings is 1.